The van der Waals surface area contributed by atoms with Gasteiger partial charge < -0.3 is 15.2 Å². The van der Waals surface area contributed by atoms with Crippen molar-refractivity contribution in [2.45, 2.75) is 43.6 Å². The van der Waals surface area contributed by atoms with Crippen LogP contribution < -0.4 is 10.1 Å². The standard InChI is InChI=1S/C22H25NO4/c1-27-18-11-9-17(10-12-18)22(13-5-6-14-22)21(26)23-19(20(24)25)15-16-7-3-2-4-8-16/h2-4,7-12,19H,5-6,13-15H2,1H3,(H,23,26)(H,24,25). The molecule has 0 spiro atoms. The van der Waals surface area contributed by atoms with Gasteiger partial charge in [0.25, 0.3) is 0 Å². The van der Waals surface area contributed by atoms with Crippen molar-refractivity contribution in [2.24, 2.45) is 0 Å². The summed E-state index contributed by atoms with van der Waals surface area (Å²) in [5.74, 6) is -0.483. The van der Waals surface area contributed by atoms with Crippen LogP contribution in [0.1, 0.15) is 36.8 Å². The Morgan fingerprint density at radius 1 is 1.07 bits per heavy atom. The van der Waals surface area contributed by atoms with Gasteiger partial charge in [-0.1, -0.05) is 55.3 Å². The molecule has 0 aromatic heterocycles. The van der Waals surface area contributed by atoms with Crippen molar-refractivity contribution >= 4 is 11.9 Å². The molecule has 1 fully saturated rings. The molecule has 3 rings (SSSR count). The van der Waals surface area contributed by atoms with Gasteiger partial charge in [-0.3, -0.25) is 4.79 Å². The predicted octanol–water partition coefficient (Wildman–Crippen LogP) is 3.32. The van der Waals surface area contributed by atoms with E-state index in [1.54, 1.807) is 7.11 Å². The van der Waals surface area contributed by atoms with Crippen LogP contribution in [0.4, 0.5) is 0 Å². The molecule has 1 aliphatic rings. The first kappa shape index (κ1) is 19.0. The third kappa shape index (κ3) is 4.13. The average molecular weight is 367 g/mol. The number of carbonyl (C=O) groups is 2. The number of hydrogen-bond donors (Lipinski definition) is 2. The first-order chi connectivity index (χ1) is 13.0. The fourth-order valence-corrected chi connectivity index (χ4v) is 3.88. The predicted molar refractivity (Wildman–Crippen MR) is 103 cm³/mol. The Balaban J connectivity index is 1.82. The quantitative estimate of drug-likeness (QED) is 0.787. The summed E-state index contributed by atoms with van der Waals surface area (Å²) in [6, 6.07) is 15.9. The molecule has 0 bridgehead atoms. The van der Waals surface area contributed by atoms with Crippen LogP contribution in [0, 0.1) is 0 Å². The third-order valence-corrected chi connectivity index (χ3v) is 5.42. The molecule has 2 aromatic carbocycles. The molecule has 1 unspecified atom stereocenters. The lowest BCUT2D eigenvalue weighted by molar-refractivity contribution is -0.142. The Morgan fingerprint density at radius 2 is 1.70 bits per heavy atom. The van der Waals surface area contributed by atoms with Crippen LogP contribution >= 0.6 is 0 Å². The topological polar surface area (TPSA) is 75.6 Å². The summed E-state index contributed by atoms with van der Waals surface area (Å²) >= 11 is 0. The fraction of sp³-hybridized carbons (Fsp3) is 0.364. The number of carboxylic acid groups (broad SMARTS) is 1. The Bertz CT molecular complexity index is 780. The van der Waals surface area contributed by atoms with E-state index in [1.807, 2.05) is 54.6 Å². The SMILES string of the molecule is COc1ccc(C2(C(=O)NC(Cc3ccccc3)C(=O)O)CCCC2)cc1. The lowest BCUT2D eigenvalue weighted by Gasteiger charge is -2.30. The summed E-state index contributed by atoms with van der Waals surface area (Å²) in [7, 11) is 1.61. The molecule has 1 saturated carbocycles. The largest absolute Gasteiger partial charge is 0.497 e. The number of ether oxygens (including phenoxy) is 1. The molecule has 1 aliphatic carbocycles. The third-order valence-electron chi connectivity index (χ3n) is 5.42. The van der Waals surface area contributed by atoms with Crippen molar-refractivity contribution in [1.82, 2.24) is 5.32 Å². The second-order valence-electron chi connectivity index (χ2n) is 7.07. The molecular weight excluding hydrogens is 342 g/mol. The molecule has 142 valence electrons. The van der Waals surface area contributed by atoms with Gasteiger partial charge >= 0.3 is 5.97 Å². The normalized spacial score (nSPS) is 16.5. The van der Waals surface area contributed by atoms with E-state index in [2.05, 4.69) is 5.32 Å². The Kier molecular flexibility index (Phi) is 5.79. The van der Waals surface area contributed by atoms with Crippen LogP contribution in [-0.4, -0.2) is 30.1 Å². The number of hydrogen-bond acceptors (Lipinski definition) is 3. The Labute approximate surface area is 159 Å². The van der Waals surface area contributed by atoms with Crippen molar-refractivity contribution in [3.63, 3.8) is 0 Å². The zero-order chi connectivity index (χ0) is 19.3. The van der Waals surface area contributed by atoms with Crippen molar-refractivity contribution in [1.29, 1.82) is 0 Å². The zero-order valence-corrected chi connectivity index (χ0v) is 15.5. The zero-order valence-electron chi connectivity index (χ0n) is 15.5. The summed E-state index contributed by atoms with van der Waals surface area (Å²) in [5, 5.41) is 12.4. The lowest BCUT2D eigenvalue weighted by atomic mass is 9.77. The summed E-state index contributed by atoms with van der Waals surface area (Å²) in [6.45, 7) is 0. The number of carboxylic acids is 1. The number of carbonyl (C=O) groups excluding carboxylic acids is 1. The molecule has 0 heterocycles. The van der Waals surface area contributed by atoms with Crippen LogP contribution in [0.2, 0.25) is 0 Å². The second-order valence-corrected chi connectivity index (χ2v) is 7.07. The smallest absolute Gasteiger partial charge is 0.326 e. The van der Waals surface area contributed by atoms with E-state index >= 15 is 0 Å². The fourth-order valence-electron chi connectivity index (χ4n) is 3.88. The Hall–Kier alpha value is -2.82. The molecule has 0 aliphatic heterocycles. The van der Waals surface area contributed by atoms with Crippen LogP contribution in [0.5, 0.6) is 5.75 Å². The van der Waals surface area contributed by atoms with Gasteiger partial charge in [0, 0.05) is 6.42 Å². The first-order valence-corrected chi connectivity index (χ1v) is 9.27. The molecule has 27 heavy (non-hydrogen) atoms. The minimum absolute atomic E-state index is 0.200. The van der Waals surface area contributed by atoms with E-state index in [0.29, 0.717) is 0 Å². The lowest BCUT2D eigenvalue weighted by Crippen LogP contribution is -2.50. The number of rotatable bonds is 7. The second kappa shape index (κ2) is 8.25. The number of aliphatic carboxylic acids is 1. The highest BCUT2D eigenvalue weighted by molar-refractivity contribution is 5.92. The molecule has 1 amide bonds. The molecule has 2 N–H and O–H groups in total. The van der Waals surface area contributed by atoms with Gasteiger partial charge in [0.2, 0.25) is 5.91 Å². The van der Waals surface area contributed by atoms with Gasteiger partial charge in [0.15, 0.2) is 0 Å². The maximum absolute atomic E-state index is 13.2. The van der Waals surface area contributed by atoms with Crippen molar-refractivity contribution < 1.29 is 19.4 Å². The molecule has 5 nitrogen and oxygen atoms in total. The van der Waals surface area contributed by atoms with Crippen LogP contribution in [0.15, 0.2) is 54.6 Å². The number of benzene rings is 2. The van der Waals surface area contributed by atoms with Crippen molar-refractivity contribution in [3.05, 3.63) is 65.7 Å². The van der Waals surface area contributed by atoms with E-state index in [1.165, 1.54) is 0 Å². The highest BCUT2D eigenvalue weighted by Crippen LogP contribution is 2.42. The minimum Gasteiger partial charge on any atom is -0.497 e. The van der Waals surface area contributed by atoms with Gasteiger partial charge in [0.05, 0.1) is 12.5 Å². The molecule has 0 radical (unpaired) electrons. The van der Waals surface area contributed by atoms with Gasteiger partial charge in [0.1, 0.15) is 11.8 Å². The van der Waals surface area contributed by atoms with E-state index in [9.17, 15) is 14.7 Å². The van der Waals surface area contributed by atoms with Gasteiger partial charge in [-0.2, -0.15) is 0 Å². The minimum atomic E-state index is -1.02. The Morgan fingerprint density at radius 3 is 2.26 bits per heavy atom. The molecular formula is C22H25NO4. The van der Waals surface area contributed by atoms with E-state index in [0.717, 1.165) is 42.6 Å². The van der Waals surface area contributed by atoms with E-state index in [-0.39, 0.29) is 12.3 Å². The average Bonchev–Trinajstić information content (AvgIpc) is 3.19. The van der Waals surface area contributed by atoms with Gasteiger partial charge in [-0.25, -0.2) is 4.79 Å². The van der Waals surface area contributed by atoms with Crippen LogP contribution in [0.25, 0.3) is 0 Å². The summed E-state index contributed by atoms with van der Waals surface area (Å²) in [6.07, 6.45) is 3.62. The molecule has 1 atom stereocenters. The number of amides is 1. The first-order valence-electron chi connectivity index (χ1n) is 9.27. The summed E-state index contributed by atoms with van der Waals surface area (Å²) < 4.78 is 5.21. The number of methoxy groups -OCH3 is 1. The van der Waals surface area contributed by atoms with Crippen LogP contribution in [-0.2, 0) is 21.4 Å². The molecule has 2 aromatic rings. The van der Waals surface area contributed by atoms with Gasteiger partial charge in [-0.15, -0.1) is 0 Å². The summed E-state index contributed by atoms with van der Waals surface area (Å²) in [4.78, 5) is 25.0. The van der Waals surface area contributed by atoms with E-state index in [4.69, 9.17) is 4.74 Å². The maximum atomic E-state index is 13.2. The monoisotopic (exact) mass is 367 g/mol. The van der Waals surface area contributed by atoms with Gasteiger partial charge in [-0.05, 0) is 36.1 Å². The van der Waals surface area contributed by atoms with E-state index < -0.39 is 17.4 Å². The van der Waals surface area contributed by atoms with Crippen LogP contribution in [0.3, 0.4) is 0 Å². The molecule has 0 saturated heterocycles. The highest BCUT2D eigenvalue weighted by Gasteiger charge is 2.43. The van der Waals surface area contributed by atoms with Crippen molar-refractivity contribution in [3.8, 4) is 5.75 Å². The number of nitrogens with one attached hydrogen (secondary N) is 1. The molecule has 5 heteroatoms. The van der Waals surface area contributed by atoms with Crippen molar-refractivity contribution in [2.75, 3.05) is 7.11 Å². The summed E-state index contributed by atoms with van der Waals surface area (Å²) in [5.41, 5.74) is 1.13. The highest BCUT2D eigenvalue weighted by atomic mass is 16.5. The maximum Gasteiger partial charge on any atom is 0.326 e.